The summed E-state index contributed by atoms with van der Waals surface area (Å²) >= 11 is 0. The van der Waals surface area contributed by atoms with E-state index in [9.17, 15) is 27.7 Å². The Bertz CT molecular complexity index is 1410. The number of methoxy groups -OCH3 is 1. The van der Waals surface area contributed by atoms with Gasteiger partial charge in [0, 0.05) is 37.4 Å². The molecule has 37 heavy (non-hydrogen) atoms. The van der Waals surface area contributed by atoms with E-state index in [1.54, 1.807) is 20.8 Å². The maximum Gasteiger partial charge on any atom is 0.272 e. The molecule has 14 heteroatoms. The van der Waals surface area contributed by atoms with Crippen molar-refractivity contribution in [3.63, 3.8) is 0 Å². The fourth-order valence-corrected chi connectivity index (χ4v) is 4.43. The smallest absolute Gasteiger partial charge is 0.272 e. The highest BCUT2D eigenvalue weighted by molar-refractivity contribution is 7.89. The summed E-state index contributed by atoms with van der Waals surface area (Å²) in [6, 6.07) is 8.07. The molecule has 0 atom stereocenters. The second-order valence-electron chi connectivity index (χ2n) is 8.18. The summed E-state index contributed by atoms with van der Waals surface area (Å²) in [6.45, 7) is 5.06. The van der Waals surface area contributed by atoms with Crippen LogP contribution in [0.2, 0.25) is 0 Å². The number of nitro groups is 1. The SMILES string of the molecule is COCCNS(=O)(=O)c1cc([N+](=O)[O-])ccc1Oc1c(C)c(C(=O)NC(C)C)nn1-c1ccc(F)cc1. The molecule has 0 saturated carbocycles. The summed E-state index contributed by atoms with van der Waals surface area (Å²) in [4.78, 5) is 22.9. The number of nitro benzene ring substituents is 1. The number of hydrogen-bond donors (Lipinski definition) is 2. The number of ether oxygens (including phenoxy) is 2. The highest BCUT2D eigenvalue weighted by atomic mass is 32.2. The minimum atomic E-state index is -4.28. The highest BCUT2D eigenvalue weighted by Crippen LogP contribution is 2.35. The van der Waals surface area contributed by atoms with Crippen LogP contribution in [-0.4, -0.2) is 55.3 Å². The van der Waals surface area contributed by atoms with Gasteiger partial charge >= 0.3 is 0 Å². The van der Waals surface area contributed by atoms with Gasteiger partial charge in [-0.3, -0.25) is 14.9 Å². The predicted molar refractivity (Wildman–Crippen MR) is 131 cm³/mol. The number of benzene rings is 2. The number of sulfonamides is 1. The lowest BCUT2D eigenvalue weighted by Gasteiger charge is -2.14. The van der Waals surface area contributed by atoms with E-state index in [4.69, 9.17) is 9.47 Å². The van der Waals surface area contributed by atoms with Gasteiger partial charge < -0.3 is 14.8 Å². The third-order valence-corrected chi connectivity index (χ3v) is 6.49. The number of aromatic nitrogens is 2. The minimum absolute atomic E-state index is 0.00226. The van der Waals surface area contributed by atoms with Crippen LogP contribution in [0.4, 0.5) is 10.1 Å². The molecule has 0 saturated heterocycles. The number of nitrogens with zero attached hydrogens (tertiary/aromatic N) is 3. The van der Waals surface area contributed by atoms with Crippen molar-refractivity contribution in [1.29, 1.82) is 0 Å². The molecule has 0 fully saturated rings. The van der Waals surface area contributed by atoms with Crippen molar-refractivity contribution in [2.45, 2.75) is 31.7 Å². The van der Waals surface area contributed by atoms with Crippen molar-refractivity contribution in [2.75, 3.05) is 20.3 Å². The van der Waals surface area contributed by atoms with Crippen molar-refractivity contribution in [2.24, 2.45) is 0 Å². The van der Waals surface area contributed by atoms with Crippen molar-refractivity contribution in [3.05, 3.63) is 69.7 Å². The summed E-state index contributed by atoms with van der Waals surface area (Å²) in [5.74, 6) is -1.30. The lowest BCUT2D eigenvalue weighted by atomic mass is 10.2. The maximum atomic E-state index is 13.6. The van der Waals surface area contributed by atoms with Gasteiger partial charge in [0.1, 0.15) is 16.5 Å². The van der Waals surface area contributed by atoms with Crippen molar-refractivity contribution < 1.29 is 32.0 Å². The lowest BCUT2D eigenvalue weighted by Crippen LogP contribution is -2.31. The Kier molecular flexibility index (Phi) is 8.57. The molecule has 3 rings (SSSR count). The van der Waals surface area contributed by atoms with E-state index in [2.05, 4.69) is 15.1 Å². The molecule has 1 amide bonds. The van der Waals surface area contributed by atoms with Crippen molar-refractivity contribution >= 4 is 21.6 Å². The van der Waals surface area contributed by atoms with E-state index in [1.165, 1.54) is 36.1 Å². The van der Waals surface area contributed by atoms with Gasteiger partial charge in [-0.1, -0.05) is 0 Å². The van der Waals surface area contributed by atoms with E-state index in [0.717, 1.165) is 18.2 Å². The molecule has 1 aromatic heterocycles. The summed E-state index contributed by atoms with van der Waals surface area (Å²) in [5.41, 5.74) is 0.113. The second kappa shape index (κ2) is 11.5. The summed E-state index contributed by atoms with van der Waals surface area (Å²) in [5, 5.41) is 18.4. The van der Waals surface area contributed by atoms with E-state index >= 15 is 0 Å². The topological polar surface area (TPSA) is 155 Å². The third kappa shape index (κ3) is 6.47. The standard InChI is InChI=1S/C23H26FN5O7S/c1-14(2)26-22(30)21-15(3)23(28(27-21)17-7-5-16(24)6-8-17)36-19-10-9-18(29(31)32)13-20(19)37(33,34)25-11-12-35-4/h5-10,13-14,25H,11-12H2,1-4H3,(H,26,30). The van der Waals surface area contributed by atoms with Crippen LogP contribution in [0.25, 0.3) is 5.69 Å². The molecule has 1 heterocycles. The average molecular weight is 536 g/mol. The molecule has 2 N–H and O–H groups in total. The quantitative estimate of drug-likeness (QED) is 0.216. The number of carbonyl (C=O) groups is 1. The van der Waals surface area contributed by atoms with Gasteiger partial charge in [0.2, 0.25) is 15.9 Å². The van der Waals surface area contributed by atoms with Gasteiger partial charge in [-0.05, 0) is 51.1 Å². The molecule has 0 aliphatic heterocycles. The molecular formula is C23H26FN5O7S. The molecule has 0 radical (unpaired) electrons. The van der Waals surface area contributed by atoms with Gasteiger partial charge in [-0.2, -0.15) is 9.78 Å². The zero-order chi connectivity index (χ0) is 27.3. The molecule has 0 spiro atoms. The molecular weight excluding hydrogens is 509 g/mol. The largest absolute Gasteiger partial charge is 0.437 e. The van der Waals surface area contributed by atoms with Crippen LogP contribution in [0.15, 0.2) is 47.4 Å². The van der Waals surface area contributed by atoms with Gasteiger partial charge in [0.05, 0.1) is 17.2 Å². The molecule has 0 unspecified atom stereocenters. The zero-order valence-corrected chi connectivity index (χ0v) is 21.3. The Labute approximate surface area is 212 Å². The van der Waals surface area contributed by atoms with Crippen LogP contribution in [0.5, 0.6) is 11.6 Å². The average Bonchev–Trinajstić information content (AvgIpc) is 3.15. The normalized spacial score (nSPS) is 11.5. The fourth-order valence-electron chi connectivity index (χ4n) is 3.27. The number of non-ortho nitro benzene ring substituents is 1. The van der Waals surface area contributed by atoms with Crippen LogP contribution in [0.1, 0.15) is 29.9 Å². The van der Waals surface area contributed by atoms with Gasteiger partial charge in [-0.15, -0.1) is 0 Å². The van der Waals surface area contributed by atoms with Crippen LogP contribution >= 0.6 is 0 Å². The number of nitrogens with one attached hydrogen (secondary N) is 2. The summed E-state index contributed by atoms with van der Waals surface area (Å²) in [7, 11) is -2.89. The Morgan fingerprint density at radius 2 is 1.89 bits per heavy atom. The molecule has 2 aromatic carbocycles. The van der Waals surface area contributed by atoms with Crippen LogP contribution < -0.4 is 14.8 Å². The Morgan fingerprint density at radius 3 is 2.49 bits per heavy atom. The first-order valence-electron chi connectivity index (χ1n) is 11.1. The summed E-state index contributed by atoms with van der Waals surface area (Å²) in [6.07, 6.45) is 0. The van der Waals surface area contributed by atoms with Gasteiger partial charge in [-0.25, -0.2) is 17.5 Å². The van der Waals surface area contributed by atoms with E-state index < -0.39 is 37.3 Å². The third-order valence-electron chi connectivity index (χ3n) is 5.01. The molecule has 198 valence electrons. The van der Waals surface area contributed by atoms with Crippen molar-refractivity contribution in [3.8, 4) is 17.3 Å². The van der Waals surface area contributed by atoms with Crippen LogP contribution in [0, 0.1) is 22.9 Å². The second-order valence-corrected chi connectivity index (χ2v) is 9.91. The monoisotopic (exact) mass is 535 g/mol. The first kappa shape index (κ1) is 27.7. The highest BCUT2D eigenvalue weighted by Gasteiger charge is 2.28. The summed E-state index contributed by atoms with van der Waals surface area (Å²) < 4.78 is 53.9. The van der Waals surface area contributed by atoms with Crippen LogP contribution in [-0.2, 0) is 14.8 Å². The molecule has 0 aliphatic rings. The molecule has 0 aliphatic carbocycles. The van der Waals surface area contributed by atoms with E-state index in [1.807, 2.05) is 0 Å². The Hall–Kier alpha value is -3.88. The van der Waals surface area contributed by atoms with Crippen molar-refractivity contribution in [1.82, 2.24) is 19.8 Å². The molecule has 12 nitrogen and oxygen atoms in total. The first-order chi connectivity index (χ1) is 17.4. The fraction of sp³-hybridized carbons (Fsp3) is 0.304. The number of carbonyl (C=O) groups excluding carboxylic acids is 1. The maximum absolute atomic E-state index is 13.6. The molecule has 3 aromatic rings. The van der Waals surface area contributed by atoms with E-state index in [0.29, 0.717) is 5.69 Å². The van der Waals surface area contributed by atoms with Crippen LogP contribution in [0.3, 0.4) is 0 Å². The Morgan fingerprint density at radius 1 is 1.22 bits per heavy atom. The number of rotatable bonds is 11. The number of amides is 1. The minimum Gasteiger partial charge on any atom is -0.437 e. The predicted octanol–water partition coefficient (Wildman–Crippen LogP) is 3.08. The van der Waals surface area contributed by atoms with E-state index in [-0.39, 0.29) is 42.1 Å². The number of halogens is 1. The Balaban J connectivity index is 2.17. The number of hydrogen-bond acceptors (Lipinski definition) is 8. The zero-order valence-electron chi connectivity index (χ0n) is 20.5. The molecule has 0 bridgehead atoms. The van der Waals surface area contributed by atoms with Gasteiger partial charge in [0.15, 0.2) is 5.69 Å². The first-order valence-corrected chi connectivity index (χ1v) is 12.5. The van der Waals surface area contributed by atoms with Gasteiger partial charge in [0.25, 0.3) is 11.6 Å². The lowest BCUT2D eigenvalue weighted by molar-refractivity contribution is -0.385.